The Morgan fingerprint density at radius 2 is 0.969 bits per heavy atom. The monoisotopic (exact) mass is 442 g/mol. The van der Waals surface area contributed by atoms with Crippen LogP contribution >= 0.6 is 0 Å². The van der Waals surface area contributed by atoms with E-state index in [4.69, 9.17) is 0 Å². The first-order chi connectivity index (χ1) is 13.9. The van der Waals surface area contributed by atoms with Crippen molar-refractivity contribution < 1.29 is 46.4 Å². The summed E-state index contributed by atoms with van der Waals surface area (Å²) >= 11 is 0. The van der Waals surface area contributed by atoms with Crippen LogP contribution in [0.5, 0.6) is 11.5 Å². The molecule has 0 aromatic heterocycles. The van der Waals surface area contributed by atoms with E-state index in [-0.39, 0.29) is 34.0 Å². The predicted octanol–water partition coefficient (Wildman–Crippen LogP) is 1.92. The van der Waals surface area contributed by atoms with Crippen LogP contribution in [0.3, 0.4) is 0 Å². The van der Waals surface area contributed by atoms with Gasteiger partial charge in [0.25, 0.3) is 0 Å². The van der Waals surface area contributed by atoms with Gasteiger partial charge in [0, 0.05) is 17.5 Å². The number of aromatic carboxylic acids is 2. The summed E-state index contributed by atoms with van der Waals surface area (Å²) in [6, 6.07) is 16.8. The SMILES string of the molecule is O.O.O.O=C(O)c1cc2ccccc2c(Cc2c(O)c(C(=O)O)cc3ccccc23)c1O. The van der Waals surface area contributed by atoms with Gasteiger partial charge in [-0.2, -0.15) is 0 Å². The molecule has 0 fully saturated rings. The molecular weight excluding hydrogens is 420 g/mol. The first-order valence-corrected chi connectivity index (χ1v) is 8.82. The summed E-state index contributed by atoms with van der Waals surface area (Å²) in [6.45, 7) is 0. The van der Waals surface area contributed by atoms with E-state index in [0.717, 1.165) is 0 Å². The number of benzene rings is 4. The number of hydrogen-bond acceptors (Lipinski definition) is 4. The van der Waals surface area contributed by atoms with Gasteiger partial charge in [0.2, 0.25) is 0 Å². The van der Waals surface area contributed by atoms with Crippen LogP contribution in [-0.4, -0.2) is 48.8 Å². The molecule has 10 N–H and O–H groups in total. The fraction of sp³-hybridized carbons (Fsp3) is 0.0435. The Bertz CT molecular complexity index is 1210. The van der Waals surface area contributed by atoms with E-state index in [1.165, 1.54) is 12.1 Å². The number of rotatable bonds is 4. The third-order valence-electron chi connectivity index (χ3n) is 5.07. The molecule has 0 aliphatic rings. The number of fused-ring (bicyclic) bond motifs is 2. The molecule has 0 heterocycles. The summed E-state index contributed by atoms with van der Waals surface area (Å²) in [4.78, 5) is 23.2. The average molecular weight is 442 g/mol. The first-order valence-electron chi connectivity index (χ1n) is 8.82. The summed E-state index contributed by atoms with van der Waals surface area (Å²) in [7, 11) is 0. The zero-order valence-electron chi connectivity index (χ0n) is 16.6. The van der Waals surface area contributed by atoms with Crippen molar-refractivity contribution in [2.75, 3.05) is 0 Å². The molecule has 0 amide bonds. The van der Waals surface area contributed by atoms with E-state index >= 15 is 0 Å². The van der Waals surface area contributed by atoms with Crippen molar-refractivity contribution in [3.63, 3.8) is 0 Å². The fourth-order valence-electron chi connectivity index (χ4n) is 3.68. The van der Waals surface area contributed by atoms with Gasteiger partial charge in [-0.1, -0.05) is 48.5 Å². The molecular formula is C23H22O9. The van der Waals surface area contributed by atoms with Crippen LogP contribution in [0.2, 0.25) is 0 Å². The lowest BCUT2D eigenvalue weighted by atomic mass is 9.90. The minimum atomic E-state index is -1.28. The zero-order valence-corrected chi connectivity index (χ0v) is 16.6. The second-order valence-corrected chi connectivity index (χ2v) is 6.73. The van der Waals surface area contributed by atoms with Gasteiger partial charge in [0.15, 0.2) is 0 Å². The largest absolute Gasteiger partial charge is 0.507 e. The number of aromatic hydroxyl groups is 2. The van der Waals surface area contributed by atoms with Crippen LogP contribution in [0, 0.1) is 0 Å². The molecule has 0 aliphatic heterocycles. The quantitative estimate of drug-likeness (QED) is 0.370. The standard InChI is InChI=1S/C23H16O6.3H2O/c24-20-16(14-7-3-1-5-12(14)9-18(20)22(26)27)11-17-15-8-4-2-6-13(15)10-19(21(17)25)23(28)29;;;/h1-10,24-25H,11H2,(H,26,27)(H,28,29);3*1H2. The summed E-state index contributed by atoms with van der Waals surface area (Å²) < 4.78 is 0. The van der Waals surface area contributed by atoms with Crippen molar-refractivity contribution in [3.05, 3.63) is 82.9 Å². The molecule has 0 unspecified atom stereocenters. The molecule has 0 aliphatic carbocycles. The molecule has 168 valence electrons. The Labute approximate surface area is 181 Å². The van der Waals surface area contributed by atoms with Crippen molar-refractivity contribution in [2.24, 2.45) is 0 Å². The van der Waals surface area contributed by atoms with Crippen molar-refractivity contribution in [1.82, 2.24) is 0 Å². The average Bonchev–Trinajstić information content (AvgIpc) is 2.70. The number of carbonyl (C=O) groups is 2. The highest BCUT2D eigenvalue weighted by atomic mass is 16.4. The number of carboxylic acids is 2. The molecule has 4 aromatic rings. The Morgan fingerprint density at radius 3 is 1.31 bits per heavy atom. The smallest absolute Gasteiger partial charge is 0.339 e. The molecule has 0 radical (unpaired) electrons. The van der Waals surface area contributed by atoms with Crippen LogP contribution in [0.1, 0.15) is 31.8 Å². The molecule has 0 saturated heterocycles. The van der Waals surface area contributed by atoms with E-state index in [0.29, 0.717) is 32.7 Å². The minimum absolute atomic E-state index is 0. The van der Waals surface area contributed by atoms with Crippen LogP contribution < -0.4 is 0 Å². The normalized spacial score (nSPS) is 10.0. The second-order valence-electron chi connectivity index (χ2n) is 6.73. The number of hydrogen-bond donors (Lipinski definition) is 4. The van der Waals surface area contributed by atoms with Crippen molar-refractivity contribution in [2.45, 2.75) is 6.42 Å². The maximum atomic E-state index is 11.6. The predicted molar refractivity (Wildman–Crippen MR) is 119 cm³/mol. The van der Waals surface area contributed by atoms with Gasteiger partial charge in [-0.05, 0) is 33.7 Å². The number of phenols is 2. The molecule has 9 heteroatoms. The molecule has 0 spiro atoms. The molecule has 9 nitrogen and oxygen atoms in total. The molecule has 0 atom stereocenters. The summed E-state index contributed by atoms with van der Waals surface area (Å²) in [6.07, 6.45) is -0.0407. The third-order valence-corrected chi connectivity index (χ3v) is 5.07. The van der Waals surface area contributed by atoms with Crippen LogP contribution in [0.4, 0.5) is 0 Å². The molecule has 4 rings (SSSR count). The Balaban J connectivity index is 0.00000171. The van der Waals surface area contributed by atoms with E-state index in [1.807, 2.05) is 0 Å². The van der Waals surface area contributed by atoms with Crippen LogP contribution in [-0.2, 0) is 6.42 Å². The fourth-order valence-corrected chi connectivity index (χ4v) is 3.68. The topological polar surface area (TPSA) is 210 Å². The second kappa shape index (κ2) is 9.75. The Morgan fingerprint density at radius 1 is 0.625 bits per heavy atom. The molecule has 0 saturated carbocycles. The highest BCUT2D eigenvalue weighted by Crippen LogP contribution is 2.38. The maximum absolute atomic E-state index is 11.6. The Kier molecular flexibility index (Phi) is 7.88. The van der Waals surface area contributed by atoms with Gasteiger partial charge in [-0.25, -0.2) is 9.59 Å². The van der Waals surface area contributed by atoms with Gasteiger partial charge < -0.3 is 36.9 Å². The number of carboxylic acid groups (broad SMARTS) is 2. The summed E-state index contributed by atoms with van der Waals surface area (Å²) in [5.74, 6) is -3.36. The van der Waals surface area contributed by atoms with E-state index in [9.17, 15) is 30.0 Å². The first kappa shape index (κ1) is 25.9. The van der Waals surface area contributed by atoms with Gasteiger partial charge >= 0.3 is 11.9 Å². The minimum Gasteiger partial charge on any atom is -0.507 e. The van der Waals surface area contributed by atoms with E-state index in [2.05, 4.69) is 0 Å². The maximum Gasteiger partial charge on any atom is 0.339 e. The lowest BCUT2D eigenvalue weighted by Gasteiger charge is -2.16. The van der Waals surface area contributed by atoms with Gasteiger partial charge in [-0.15, -0.1) is 0 Å². The van der Waals surface area contributed by atoms with Gasteiger partial charge in [0.1, 0.15) is 22.6 Å². The van der Waals surface area contributed by atoms with Gasteiger partial charge in [0.05, 0.1) is 0 Å². The summed E-state index contributed by atoms with van der Waals surface area (Å²) in [5, 5.41) is 42.8. The molecule has 32 heavy (non-hydrogen) atoms. The zero-order chi connectivity index (χ0) is 20.7. The summed E-state index contributed by atoms with van der Waals surface area (Å²) in [5.41, 5.74) is 0.112. The highest BCUT2D eigenvalue weighted by molar-refractivity contribution is 6.02. The lowest BCUT2D eigenvalue weighted by Crippen LogP contribution is -2.04. The molecule has 0 bridgehead atoms. The lowest BCUT2D eigenvalue weighted by molar-refractivity contribution is 0.0682. The molecule has 4 aromatic carbocycles. The van der Waals surface area contributed by atoms with Crippen molar-refractivity contribution >= 4 is 33.5 Å². The van der Waals surface area contributed by atoms with Crippen molar-refractivity contribution in [3.8, 4) is 11.5 Å². The van der Waals surface area contributed by atoms with Crippen LogP contribution in [0.25, 0.3) is 21.5 Å². The van der Waals surface area contributed by atoms with Gasteiger partial charge in [-0.3, -0.25) is 0 Å². The van der Waals surface area contributed by atoms with Crippen molar-refractivity contribution in [1.29, 1.82) is 0 Å². The third kappa shape index (κ3) is 4.16. The van der Waals surface area contributed by atoms with Crippen LogP contribution in [0.15, 0.2) is 60.7 Å². The highest BCUT2D eigenvalue weighted by Gasteiger charge is 2.22. The van der Waals surface area contributed by atoms with E-state index < -0.39 is 23.4 Å². The Hall–Kier alpha value is -4.18. The van der Waals surface area contributed by atoms with E-state index in [1.54, 1.807) is 48.5 Å².